The van der Waals surface area contributed by atoms with Crippen LogP contribution >= 0.6 is 0 Å². The van der Waals surface area contributed by atoms with E-state index in [2.05, 4.69) is 19.1 Å². The Balaban J connectivity index is 2.05. The molecule has 0 N–H and O–H groups in total. The lowest BCUT2D eigenvalue weighted by atomic mass is 9.96. The average Bonchev–Trinajstić information content (AvgIpc) is 2.83. The highest BCUT2D eigenvalue weighted by atomic mass is 16.5. The van der Waals surface area contributed by atoms with Crippen LogP contribution in [-0.2, 0) is 11.2 Å². The second-order valence-corrected chi connectivity index (χ2v) is 4.37. The molecule has 1 fully saturated rings. The number of hydrogen-bond acceptors (Lipinski definition) is 2. The van der Waals surface area contributed by atoms with Crippen molar-refractivity contribution in [2.75, 3.05) is 13.2 Å². The number of benzene rings is 1. The van der Waals surface area contributed by atoms with Gasteiger partial charge in [-0.1, -0.05) is 37.6 Å². The van der Waals surface area contributed by atoms with Crippen LogP contribution < -0.4 is 0 Å². The van der Waals surface area contributed by atoms with Crippen LogP contribution in [0.3, 0.4) is 0 Å². The Morgan fingerprint density at radius 1 is 1.38 bits per heavy atom. The van der Waals surface area contributed by atoms with Crippen LogP contribution in [-0.4, -0.2) is 19.0 Å². The predicted molar refractivity (Wildman–Crippen MR) is 63.7 cm³/mol. The molecule has 16 heavy (non-hydrogen) atoms. The van der Waals surface area contributed by atoms with E-state index in [-0.39, 0.29) is 11.7 Å². The molecule has 1 aliphatic rings. The van der Waals surface area contributed by atoms with Crippen molar-refractivity contribution in [1.29, 1.82) is 0 Å². The molecule has 1 aromatic carbocycles. The summed E-state index contributed by atoms with van der Waals surface area (Å²) < 4.78 is 5.24. The lowest BCUT2D eigenvalue weighted by Gasteiger charge is -2.07. The quantitative estimate of drug-likeness (QED) is 0.726. The van der Waals surface area contributed by atoms with E-state index in [0.717, 1.165) is 31.4 Å². The Bertz CT molecular complexity index is 348. The normalized spacial score (nSPS) is 19.9. The molecule has 2 rings (SSSR count). The number of hydrogen-bond donors (Lipinski definition) is 0. The number of aryl methyl sites for hydroxylation is 1. The van der Waals surface area contributed by atoms with E-state index in [1.807, 2.05) is 12.1 Å². The third-order valence-electron chi connectivity index (χ3n) is 3.08. The summed E-state index contributed by atoms with van der Waals surface area (Å²) in [4.78, 5) is 12.0. The fourth-order valence-corrected chi connectivity index (χ4v) is 2.10. The van der Waals surface area contributed by atoms with E-state index < -0.39 is 0 Å². The summed E-state index contributed by atoms with van der Waals surface area (Å²) in [5.41, 5.74) is 2.14. The van der Waals surface area contributed by atoms with Gasteiger partial charge in [0, 0.05) is 18.1 Å². The number of carbonyl (C=O) groups is 1. The molecular formula is C14H18O2. The van der Waals surface area contributed by atoms with E-state index in [1.54, 1.807) is 0 Å². The highest BCUT2D eigenvalue weighted by Gasteiger charge is 2.24. The molecular weight excluding hydrogens is 200 g/mol. The van der Waals surface area contributed by atoms with Crippen LogP contribution in [0.4, 0.5) is 0 Å². The van der Waals surface area contributed by atoms with Crippen molar-refractivity contribution in [3.8, 4) is 0 Å². The van der Waals surface area contributed by atoms with E-state index >= 15 is 0 Å². The third-order valence-corrected chi connectivity index (χ3v) is 3.08. The van der Waals surface area contributed by atoms with Gasteiger partial charge >= 0.3 is 0 Å². The highest BCUT2D eigenvalue weighted by molar-refractivity contribution is 5.98. The molecule has 1 aliphatic heterocycles. The molecule has 0 radical (unpaired) electrons. The van der Waals surface area contributed by atoms with Crippen LogP contribution in [0.5, 0.6) is 0 Å². The van der Waals surface area contributed by atoms with E-state index in [1.165, 1.54) is 5.56 Å². The lowest BCUT2D eigenvalue weighted by molar-refractivity contribution is 0.0900. The van der Waals surface area contributed by atoms with Gasteiger partial charge in [-0.05, 0) is 18.4 Å². The van der Waals surface area contributed by atoms with Gasteiger partial charge in [-0.3, -0.25) is 4.79 Å². The maximum absolute atomic E-state index is 12.0. The van der Waals surface area contributed by atoms with E-state index in [0.29, 0.717) is 6.61 Å². The molecule has 1 aromatic rings. The second kappa shape index (κ2) is 5.26. The maximum atomic E-state index is 12.0. The minimum Gasteiger partial charge on any atom is -0.381 e. The Hall–Kier alpha value is -1.15. The monoisotopic (exact) mass is 218 g/mol. The minimum atomic E-state index is 0.0806. The van der Waals surface area contributed by atoms with Crippen molar-refractivity contribution in [2.24, 2.45) is 5.92 Å². The van der Waals surface area contributed by atoms with Crippen molar-refractivity contribution in [1.82, 2.24) is 0 Å². The van der Waals surface area contributed by atoms with Gasteiger partial charge in [0.15, 0.2) is 5.78 Å². The van der Waals surface area contributed by atoms with E-state index in [9.17, 15) is 4.79 Å². The van der Waals surface area contributed by atoms with Crippen molar-refractivity contribution < 1.29 is 9.53 Å². The number of ketones is 1. The van der Waals surface area contributed by atoms with Crippen LogP contribution in [0.25, 0.3) is 0 Å². The van der Waals surface area contributed by atoms with Gasteiger partial charge < -0.3 is 4.74 Å². The molecule has 0 aromatic heterocycles. The Kier molecular flexibility index (Phi) is 3.73. The minimum absolute atomic E-state index is 0.0806. The molecule has 1 heterocycles. The SMILES string of the molecule is CCCc1ccc(C(=O)C2CCOC2)cc1. The molecule has 86 valence electrons. The topological polar surface area (TPSA) is 26.3 Å². The lowest BCUT2D eigenvalue weighted by Crippen LogP contribution is -2.14. The average molecular weight is 218 g/mol. The first-order valence-corrected chi connectivity index (χ1v) is 6.02. The first-order valence-electron chi connectivity index (χ1n) is 6.02. The first-order chi connectivity index (χ1) is 7.81. The van der Waals surface area contributed by atoms with Crippen molar-refractivity contribution in [2.45, 2.75) is 26.2 Å². The van der Waals surface area contributed by atoms with Crippen LogP contribution in [0, 0.1) is 5.92 Å². The Morgan fingerprint density at radius 3 is 2.69 bits per heavy atom. The smallest absolute Gasteiger partial charge is 0.168 e. The molecule has 0 saturated carbocycles. The summed E-state index contributed by atoms with van der Waals surface area (Å²) in [7, 11) is 0. The zero-order valence-electron chi connectivity index (χ0n) is 9.74. The highest BCUT2D eigenvalue weighted by Crippen LogP contribution is 2.19. The molecule has 0 bridgehead atoms. The summed E-state index contributed by atoms with van der Waals surface area (Å²) in [5.74, 6) is 0.317. The Morgan fingerprint density at radius 2 is 2.12 bits per heavy atom. The molecule has 2 heteroatoms. The van der Waals surface area contributed by atoms with Crippen LogP contribution in [0.15, 0.2) is 24.3 Å². The largest absolute Gasteiger partial charge is 0.381 e. The van der Waals surface area contributed by atoms with Crippen LogP contribution in [0.2, 0.25) is 0 Å². The number of carbonyl (C=O) groups excluding carboxylic acids is 1. The fourth-order valence-electron chi connectivity index (χ4n) is 2.10. The number of Topliss-reactive ketones (excluding diaryl/α,β-unsaturated/α-hetero) is 1. The van der Waals surface area contributed by atoms with Gasteiger partial charge in [0.05, 0.1) is 6.61 Å². The third kappa shape index (κ3) is 2.50. The Labute approximate surface area is 96.6 Å². The summed E-state index contributed by atoms with van der Waals surface area (Å²) >= 11 is 0. The van der Waals surface area contributed by atoms with Crippen molar-refractivity contribution >= 4 is 5.78 Å². The molecule has 1 atom stereocenters. The summed E-state index contributed by atoms with van der Waals surface area (Å²) in [5, 5.41) is 0. The van der Waals surface area contributed by atoms with Gasteiger partial charge in [0.25, 0.3) is 0 Å². The molecule has 2 nitrogen and oxygen atoms in total. The molecule has 1 unspecified atom stereocenters. The van der Waals surface area contributed by atoms with Gasteiger partial charge in [-0.15, -0.1) is 0 Å². The number of rotatable bonds is 4. The summed E-state index contributed by atoms with van der Waals surface area (Å²) in [6.07, 6.45) is 3.10. The molecule has 0 aliphatic carbocycles. The fraction of sp³-hybridized carbons (Fsp3) is 0.500. The van der Waals surface area contributed by atoms with Gasteiger partial charge in [-0.2, -0.15) is 0 Å². The predicted octanol–water partition coefficient (Wildman–Crippen LogP) is 2.86. The maximum Gasteiger partial charge on any atom is 0.168 e. The first kappa shape index (κ1) is 11.3. The second-order valence-electron chi connectivity index (χ2n) is 4.37. The standard InChI is InChI=1S/C14H18O2/c1-2-3-11-4-6-12(7-5-11)14(15)13-8-9-16-10-13/h4-7,13H,2-3,8-10H2,1H3. The molecule has 0 spiro atoms. The zero-order valence-corrected chi connectivity index (χ0v) is 9.74. The van der Waals surface area contributed by atoms with Gasteiger partial charge in [-0.25, -0.2) is 0 Å². The van der Waals surface area contributed by atoms with Gasteiger partial charge in [0.1, 0.15) is 0 Å². The summed E-state index contributed by atoms with van der Waals surface area (Å²) in [6.45, 7) is 3.48. The van der Waals surface area contributed by atoms with Crippen LogP contribution in [0.1, 0.15) is 35.7 Å². The van der Waals surface area contributed by atoms with Crippen molar-refractivity contribution in [3.05, 3.63) is 35.4 Å². The van der Waals surface area contributed by atoms with Gasteiger partial charge in [0.2, 0.25) is 0 Å². The summed E-state index contributed by atoms with van der Waals surface area (Å²) in [6, 6.07) is 8.02. The molecule has 0 amide bonds. The van der Waals surface area contributed by atoms with E-state index in [4.69, 9.17) is 4.74 Å². The zero-order chi connectivity index (χ0) is 11.4. The van der Waals surface area contributed by atoms with Crippen molar-refractivity contribution in [3.63, 3.8) is 0 Å². The molecule has 1 saturated heterocycles. The number of ether oxygens (including phenoxy) is 1.